The van der Waals surface area contributed by atoms with Crippen LogP contribution in [0.1, 0.15) is 110 Å². The Morgan fingerprint density at radius 1 is 0.420 bits per heavy atom. The van der Waals surface area contributed by atoms with Gasteiger partial charge in [0.25, 0.3) is 0 Å². The zero-order valence-corrected chi connectivity index (χ0v) is 45.8. The molecule has 3 atom stereocenters. The van der Waals surface area contributed by atoms with Gasteiger partial charge in [-0.05, 0) is 186 Å². The van der Waals surface area contributed by atoms with E-state index in [4.69, 9.17) is 0 Å². The lowest BCUT2D eigenvalue weighted by molar-refractivity contribution is 0.727. The lowest BCUT2D eigenvalue weighted by Gasteiger charge is -2.32. The number of fused-ring (bicyclic) bond motifs is 10. The molecule has 9 aromatic carbocycles. The van der Waals surface area contributed by atoms with Crippen molar-refractivity contribution in [3.8, 4) is 22.3 Å². The van der Waals surface area contributed by atoms with Crippen LogP contribution in [0.5, 0.6) is 0 Å². The van der Waals surface area contributed by atoms with E-state index in [2.05, 4.69) is 303 Å². The Bertz CT molecular complexity index is 4070. The van der Waals surface area contributed by atoms with Gasteiger partial charge < -0.3 is 0 Å². The molecule has 9 aromatic rings. The number of allylic oxidation sites excluding steroid dienone is 14. The van der Waals surface area contributed by atoms with Crippen molar-refractivity contribution in [3.05, 3.63) is 369 Å². The van der Waals surface area contributed by atoms with E-state index in [0.29, 0.717) is 0 Å². The SMILES string of the molecule is C1=CCCC(/C(=C/c2ccc3c(c2)C2(c4cc(C=C(c5ccccc5)c5ccccc5)ccc4-c4ccc(/C=C(/c5ccccc5)C5C=CC=CC5)cc42)c2cc(CC(C4=CC=CCC4)c4ccccc4)ccc2-3)c2ccccc2)=C1. The molecule has 0 bridgehead atoms. The topological polar surface area (TPSA) is 0 Å². The Labute approximate surface area is 479 Å². The first-order chi connectivity index (χ1) is 40.2. The lowest BCUT2D eigenvalue weighted by atomic mass is 9.69. The van der Waals surface area contributed by atoms with Gasteiger partial charge in [-0.1, -0.05) is 279 Å². The average molecular weight is 1040 g/mol. The van der Waals surface area contributed by atoms with Crippen molar-refractivity contribution in [1.82, 2.24) is 0 Å². The summed E-state index contributed by atoms with van der Waals surface area (Å²) in [4.78, 5) is 0. The fourth-order valence-corrected chi connectivity index (χ4v) is 13.8. The summed E-state index contributed by atoms with van der Waals surface area (Å²) >= 11 is 0. The molecule has 0 amide bonds. The largest absolute Gasteiger partial charge is 0.0842 e. The second kappa shape index (κ2) is 22.1. The molecule has 0 fully saturated rings. The molecule has 0 aromatic heterocycles. The van der Waals surface area contributed by atoms with Gasteiger partial charge in [-0.3, -0.25) is 0 Å². The Kier molecular flexibility index (Phi) is 13.6. The normalized spacial score (nSPS) is 17.9. The highest BCUT2D eigenvalue weighted by atomic mass is 14.5. The van der Waals surface area contributed by atoms with E-state index in [-0.39, 0.29) is 11.8 Å². The lowest BCUT2D eigenvalue weighted by Crippen LogP contribution is -2.26. The van der Waals surface area contributed by atoms with Gasteiger partial charge in [0.1, 0.15) is 0 Å². The maximum absolute atomic E-state index is 2.63. The van der Waals surface area contributed by atoms with Gasteiger partial charge in [0.15, 0.2) is 0 Å². The van der Waals surface area contributed by atoms with Gasteiger partial charge in [-0.15, -0.1) is 0 Å². The van der Waals surface area contributed by atoms with Crippen LogP contribution in [-0.4, -0.2) is 0 Å². The predicted molar refractivity (Wildman–Crippen MR) is 343 cm³/mol. The fraction of sp³-hybridized carbons (Fsp3) is 0.111. The van der Waals surface area contributed by atoms with Crippen LogP contribution in [0, 0.1) is 5.92 Å². The first kappa shape index (κ1) is 49.9. The smallest absolute Gasteiger partial charge is 0.0726 e. The van der Waals surface area contributed by atoms with Crippen molar-refractivity contribution < 1.29 is 0 Å². The monoisotopic (exact) mass is 1040 g/mol. The average Bonchev–Trinajstić information content (AvgIpc) is 4.07. The number of hydrogen-bond acceptors (Lipinski definition) is 0. The third-order valence-corrected chi connectivity index (χ3v) is 17.6. The zero-order valence-electron chi connectivity index (χ0n) is 45.8. The van der Waals surface area contributed by atoms with Crippen molar-refractivity contribution in [2.45, 2.75) is 49.9 Å². The summed E-state index contributed by atoms with van der Waals surface area (Å²) in [6.07, 6.45) is 36.4. The predicted octanol–water partition coefficient (Wildman–Crippen LogP) is 20.7. The van der Waals surface area contributed by atoms with Gasteiger partial charge >= 0.3 is 0 Å². The fourth-order valence-electron chi connectivity index (χ4n) is 13.8. The zero-order chi connectivity index (χ0) is 54.0. The van der Waals surface area contributed by atoms with Gasteiger partial charge in [0.2, 0.25) is 0 Å². The van der Waals surface area contributed by atoms with E-state index in [1.54, 1.807) is 0 Å². The summed E-state index contributed by atoms with van der Waals surface area (Å²) < 4.78 is 0. The Balaban J connectivity index is 1.04. The van der Waals surface area contributed by atoms with Crippen LogP contribution >= 0.6 is 0 Å². The van der Waals surface area contributed by atoms with Crippen LogP contribution in [0.15, 0.2) is 296 Å². The maximum Gasteiger partial charge on any atom is 0.0726 e. The third-order valence-electron chi connectivity index (χ3n) is 17.6. The Morgan fingerprint density at radius 2 is 0.901 bits per heavy atom. The second-order valence-electron chi connectivity index (χ2n) is 22.4. The third kappa shape index (κ3) is 9.55. The number of rotatable bonds is 13. The molecule has 5 aliphatic rings. The van der Waals surface area contributed by atoms with Gasteiger partial charge in [-0.25, -0.2) is 0 Å². The minimum Gasteiger partial charge on any atom is -0.0842 e. The van der Waals surface area contributed by atoms with Gasteiger partial charge in [0, 0.05) is 11.8 Å². The maximum atomic E-state index is 2.63. The van der Waals surface area contributed by atoms with Crippen LogP contribution in [0.4, 0.5) is 0 Å². The molecular weight excluding hydrogens is 973 g/mol. The molecule has 0 aliphatic heterocycles. The number of benzene rings is 9. The molecule has 0 heteroatoms. The van der Waals surface area contributed by atoms with Crippen LogP contribution in [0.2, 0.25) is 0 Å². The van der Waals surface area contributed by atoms with Crippen LogP contribution in [-0.2, 0) is 11.8 Å². The van der Waals surface area contributed by atoms with Crippen molar-refractivity contribution in [2.24, 2.45) is 5.92 Å². The van der Waals surface area contributed by atoms with E-state index in [1.807, 2.05) is 0 Å². The first-order valence-electron chi connectivity index (χ1n) is 29.2. The molecule has 0 saturated carbocycles. The quantitative estimate of drug-likeness (QED) is 0.101. The van der Waals surface area contributed by atoms with E-state index < -0.39 is 5.41 Å². The molecule has 1 spiro atoms. The summed E-state index contributed by atoms with van der Waals surface area (Å²) in [5, 5.41) is 0. The van der Waals surface area contributed by atoms with Crippen LogP contribution < -0.4 is 0 Å². The van der Waals surface area contributed by atoms with Crippen molar-refractivity contribution in [1.29, 1.82) is 0 Å². The van der Waals surface area contributed by atoms with E-state index in [1.165, 1.54) is 122 Å². The molecule has 388 valence electrons. The summed E-state index contributed by atoms with van der Waals surface area (Å²) in [5.41, 5.74) is 27.8. The first-order valence-corrected chi connectivity index (χ1v) is 29.2. The molecule has 14 rings (SSSR count). The minimum atomic E-state index is -0.655. The van der Waals surface area contributed by atoms with E-state index >= 15 is 0 Å². The highest BCUT2D eigenvalue weighted by Crippen LogP contribution is 2.64. The molecule has 0 saturated heterocycles. The van der Waals surface area contributed by atoms with Crippen molar-refractivity contribution in [3.63, 3.8) is 0 Å². The van der Waals surface area contributed by atoms with Gasteiger partial charge in [-0.2, -0.15) is 0 Å². The molecule has 0 radical (unpaired) electrons. The molecule has 81 heavy (non-hydrogen) atoms. The Hall–Kier alpha value is -9.36. The van der Waals surface area contributed by atoms with E-state index in [0.717, 1.165) is 38.5 Å². The molecule has 5 aliphatic carbocycles. The molecule has 0 heterocycles. The molecular formula is C81H64. The van der Waals surface area contributed by atoms with Crippen LogP contribution in [0.25, 0.3) is 57.2 Å². The van der Waals surface area contributed by atoms with Crippen LogP contribution in [0.3, 0.4) is 0 Å². The number of hydrogen-bond donors (Lipinski definition) is 0. The molecule has 0 N–H and O–H groups in total. The highest BCUT2D eigenvalue weighted by Gasteiger charge is 2.52. The van der Waals surface area contributed by atoms with Crippen molar-refractivity contribution >= 4 is 34.9 Å². The molecule has 0 nitrogen and oxygen atoms in total. The van der Waals surface area contributed by atoms with Crippen molar-refractivity contribution in [2.75, 3.05) is 0 Å². The minimum absolute atomic E-state index is 0.261. The van der Waals surface area contributed by atoms with Gasteiger partial charge in [0.05, 0.1) is 5.41 Å². The summed E-state index contributed by atoms with van der Waals surface area (Å²) in [6.45, 7) is 0. The van der Waals surface area contributed by atoms with E-state index in [9.17, 15) is 0 Å². The summed E-state index contributed by atoms with van der Waals surface area (Å²) in [5.74, 6) is 0.525. The second-order valence-corrected chi connectivity index (χ2v) is 22.4. The summed E-state index contributed by atoms with van der Waals surface area (Å²) in [7, 11) is 0. The summed E-state index contributed by atoms with van der Waals surface area (Å²) in [6, 6.07) is 84.8. The highest BCUT2D eigenvalue weighted by molar-refractivity contribution is 5.99. The standard InChI is InChI=1S/C81H64/c1-9-25-61(26-10-1)73(62-27-11-2-12-28-62)49-57-41-45-69-70-46-42-58(50-74(63-29-13-3-14-30-63)64-31-15-4-16-32-64)54-78(70)81(77(69)53-57)79-55-59(51-75(65-33-17-5-18-34-65)66-35-19-6-20-36-66)43-47-71(79)72-48-44-60(56-80(72)81)52-76(67-37-21-7-22-38-67)68-39-23-8-24-40-68/h1-19,21-23,25-31,33-35,37-39,41-51,53-56,64,76H,20,24,32,36,40,52H2/b74-50-,75-51+. The molecule has 3 unspecified atom stereocenters. The Morgan fingerprint density at radius 3 is 1.42 bits per heavy atom.